The van der Waals surface area contributed by atoms with E-state index in [1.807, 2.05) is 37.3 Å². The van der Waals surface area contributed by atoms with E-state index >= 15 is 0 Å². The van der Waals surface area contributed by atoms with Crippen LogP contribution in [-0.2, 0) is 23.0 Å². The van der Waals surface area contributed by atoms with E-state index in [0.29, 0.717) is 5.76 Å². The van der Waals surface area contributed by atoms with Crippen molar-refractivity contribution in [1.29, 1.82) is 0 Å². The predicted molar refractivity (Wildman–Crippen MR) is 97.4 cm³/mol. The Bertz CT molecular complexity index is 930. The fourth-order valence-corrected chi connectivity index (χ4v) is 4.55. The molecule has 3 rings (SSSR count). The Morgan fingerprint density at radius 2 is 2.00 bits per heavy atom. The fraction of sp³-hybridized carbons (Fsp3) is 0.188. The summed E-state index contributed by atoms with van der Waals surface area (Å²) in [5.74, 6) is 0.581. The fourth-order valence-electron chi connectivity index (χ4n) is 2.05. The molecule has 3 aromatic rings. The van der Waals surface area contributed by atoms with Crippen molar-refractivity contribution in [2.75, 3.05) is 0 Å². The molecule has 0 amide bonds. The van der Waals surface area contributed by atoms with Crippen LogP contribution in [0.1, 0.15) is 18.2 Å². The van der Waals surface area contributed by atoms with Gasteiger partial charge in [-0.05, 0) is 30.2 Å². The van der Waals surface area contributed by atoms with Crippen LogP contribution in [0.2, 0.25) is 0 Å². The maximum Gasteiger partial charge on any atom is 0.250 e. The molecule has 5 nitrogen and oxygen atoms in total. The summed E-state index contributed by atoms with van der Waals surface area (Å²) in [5.41, 5.74) is 2.45. The van der Waals surface area contributed by atoms with Gasteiger partial charge in [0.25, 0.3) is 0 Å². The molecule has 2 heterocycles. The van der Waals surface area contributed by atoms with Crippen LogP contribution in [-0.4, -0.2) is 13.6 Å². The first-order chi connectivity index (χ1) is 11.5. The summed E-state index contributed by atoms with van der Waals surface area (Å²) in [6.07, 6.45) is 0.771. The number of nitrogens with zero attached hydrogens (tertiary/aromatic N) is 1. The van der Waals surface area contributed by atoms with Crippen LogP contribution in [0, 0.1) is 0 Å². The molecule has 0 aliphatic carbocycles. The van der Waals surface area contributed by atoms with E-state index in [0.717, 1.165) is 39.1 Å². The first-order valence-corrected chi connectivity index (χ1v) is 10.4. The molecule has 0 radical (unpaired) electrons. The average Bonchev–Trinajstić information content (AvgIpc) is 3.23. The van der Waals surface area contributed by atoms with Crippen LogP contribution in [0.4, 0.5) is 0 Å². The molecule has 2 aromatic heterocycles. The van der Waals surface area contributed by atoms with Gasteiger partial charge in [0, 0.05) is 28.0 Å². The van der Waals surface area contributed by atoms with E-state index in [9.17, 15) is 8.42 Å². The summed E-state index contributed by atoms with van der Waals surface area (Å²) < 4.78 is 33.9. The van der Waals surface area contributed by atoms with Crippen molar-refractivity contribution in [2.45, 2.75) is 24.1 Å². The van der Waals surface area contributed by atoms with Gasteiger partial charge in [-0.25, -0.2) is 13.1 Å². The van der Waals surface area contributed by atoms with Crippen LogP contribution >= 0.6 is 27.3 Å². The summed E-state index contributed by atoms with van der Waals surface area (Å²) >= 11 is 4.51. The lowest BCUT2D eigenvalue weighted by atomic mass is 10.2. The zero-order valence-electron chi connectivity index (χ0n) is 12.8. The number of nitrogens with one attached hydrogen (secondary N) is 1. The van der Waals surface area contributed by atoms with Crippen molar-refractivity contribution >= 4 is 37.3 Å². The molecule has 0 bridgehead atoms. The molecule has 0 saturated carbocycles. The second-order valence-electron chi connectivity index (χ2n) is 5.14. The largest absolute Gasteiger partial charge is 0.356 e. The molecule has 0 atom stereocenters. The molecule has 1 N–H and O–H groups in total. The summed E-state index contributed by atoms with van der Waals surface area (Å²) in [6, 6.07) is 10.9. The Kier molecular flexibility index (Phi) is 5.19. The Hall–Kier alpha value is -1.48. The molecule has 0 fully saturated rings. The van der Waals surface area contributed by atoms with Gasteiger partial charge in [0.15, 0.2) is 5.76 Å². The average molecular weight is 427 g/mol. The van der Waals surface area contributed by atoms with Gasteiger partial charge >= 0.3 is 0 Å². The standard InChI is InChI=1S/C16H15BrN2O3S2/c1-2-14-8-15(22-19-14)12-7-16(23-10-12)24(20,21)18-9-11-3-5-13(17)6-4-11/h3-8,10,18H,2,9H2,1H3. The van der Waals surface area contributed by atoms with E-state index in [-0.39, 0.29) is 10.8 Å². The lowest BCUT2D eigenvalue weighted by molar-refractivity contribution is 0.424. The molecule has 126 valence electrons. The van der Waals surface area contributed by atoms with Crippen molar-refractivity contribution in [3.8, 4) is 11.3 Å². The monoisotopic (exact) mass is 426 g/mol. The van der Waals surface area contributed by atoms with Gasteiger partial charge < -0.3 is 4.52 Å². The minimum Gasteiger partial charge on any atom is -0.356 e. The number of aromatic nitrogens is 1. The molecule has 24 heavy (non-hydrogen) atoms. The van der Waals surface area contributed by atoms with Crippen molar-refractivity contribution in [3.05, 3.63) is 57.5 Å². The van der Waals surface area contributed by atoms with Gasteiger partial charge in [0.2, 0.25) is 10.0 Å². The van der Waals surface area contributed by atoms with Gasteiger partial charge in [-0.2, -0.15) is 0 Å². The molecule has 8 heteroatoms. The number of aryl methyl sites for hydroxylation is 1. The third kappa shape index (κ3) is 3.94. The van der Waals surface area contributed by atoms with Gasteiger partial charge in [-0.1, -0.05) is 40.1 Å². The second-order valence-corrected chi connectivity index (χ2v) is 8.96. The first-order valence-electron chi connectivity index (χ1n) is 7.26. The Morgan fingerprint density at radius 1 is 1.25 bits per heavy atom. The van der Waals surface area contributed by atoms with Gasteiger partial charge in [-0.3, -0.25) is 0 Å². The van der Waals surface area contributed by atoms with Crippen molar-refractivity contribution in [1.82, 2.24) is 9.88 Å². The molecule has 0 aliphatic heterocycles. The first kappa shape index (κ1) is 17.3. The third-order valence-corrected chi connectivity index (χ3v) is 6.80. The molecule has 0 spiro atoms. The number of sulfonamides is 1. The van der Waals surface area contributed by atoms with Gasteiger partial charge in [-0.15, -0.1) is 11.3 Å². The van der Waals surface area contributed by atoms with Crippen LogP contribution in [0.3, 0.4) is 0 Å². The molecule has 1 aromatic carbocycles. The summed E-state index contributed by atoms with van der Waals surface area (Å²) in [5, 5.41) is 5.68. The lowest BCUT2D eigenvalue weighted by Crippen LogP contribution is -2.22. The normalized spacial score (nSPS) is 11.8. The Balaban J connectivity index is 1.74. The van der Waals surface area contributed by atoms with Crippen LogP contribution in [0.25, 0.3) is 11.3 Å². The highest BCUT2D eigenvalue weighted by Gasteiger charge is 2.18. The van der Waals surface area contributed by atoms with E-state index in [1.54, 1.807) is 11.4 Å². The van der Waals surface area contributed by atoms with E-state index < -0.39 is 10.0 Å². The highest BCUT2D eigenvalue weighted by Crippen LogP contribution is 2.29. The van der Waals surface area contributed by atoms with Crippen molar-refractivity contribution in [2.24, 2.45) is 0 Å². The van der Waals surface area contributed by atoms with E-state index in [1.165, 1.54) is 0 Å². The maximum atomic E-state index is 12.4. The van der Waals surface area contributed by atoms with Crippen molar-refractivity contribution in [3.63, 3.8) is 0 Å². The zero-order chi connectivity index (χ0) is 17.2. The Labute approximate surface area is 152 Å². The summed E-state index contributed by atoms with van der Waals surface area (Å²) in [4.78, 5) is 0. The maximum absolute atomic E-state index is 12.4. The number of hydrogen-bond acceptors (Lipinski definition) is 5. The predicted octanol–water partition coefficient (Wildman–Crippen LogP) is 4.21. The van der Waals surface area contributed by atoms with E-state index in [2.05, 4.69) is 25.8 Å². The minimum absolute atomic E-state index is 0.241. The van der Waals surface area contributed by atoms with E-state index in [4.69, 9.17) is 4.52 Å². The van der Waals surface area contributed by atoms with Crippen LogP contribution in [0.15, 0.2) is 55.0 Å². The summed E-state index contributed by atoms with van der Waals surface area (Å²) in [7, 11) is -3.56. The van der Waals surface area contributed by atoms with Crippen LogP contribution in [0.5, 0.6) is 0 Å². The molecule has 0 saturated heterocycles. The van der Waals surface area contributed by atoms with Gasteiger partial charge in [0.1, 0.15) is 4.21 Å². The molecule has 0 unspecified atom stereocenters. The highest BCUT2D eigenvalue weighted by molar-refractivity contribution is 9.10. The highest BCUT2D eigenvalue weighted by atomic mass is 79.9. The number of thiophene rings is 1. The molecular weight excluding hydrogens is 412 g/mol. The van der Waals surface area contributed by atoms with Crippen molar-refractivity contribution < 1.29 is 12.9 Å². The molecular formula is C16H15BrN2O3S2. The number of benzene rings is 1. The summed E-state index contributed by atoms with van der Waals surface area (Å²) in [6.45, 7) is 2.22. The topological polar surface area (TPSA) is 72.2 Å². The SMILES string of the molecule is CCc1cc(-c2csc(S(=O)(=O)NCc3ccc(Br)cc3)c2)on1. The minimum atomic E-state index is -3.56. The zero-order valence-corrected chi connectivity index (χ0v) is 16.0. The number of halogens is 1. The third-order valence-electron chi connectivity index (χ3n) is 3.43. The molecule has 0 aliphatic rings. The number of hydrogen-bond donors (Lipinski definition) is 1. The number of rotatable bonds is 6. The Morgan fingerprint density at radius 3 is 2.67 bits per heavy atom. The smallest absolute Gasteiger partial charge is 0.250 e. The van der Waals surface area contributed by atoms with Crippen LogP contribution < -0.4 is 4.72 Å². The van der Waals surface area contributed by atoms with Gasteiger partial charge in [0.05, 0.1) is 5.69 Å². The quantitative estimate of drug-likeness (QED) is 0.640. The lowest BCUT2D eigenvalue weighted by Gasteiger charge is -2.05. The second kappa shape index (κ2) is 7.18.